The van der Waals surface area contributed by atoms with Crippen LogP contribution in [0.3, 0.4) is 0 Å². The number of fused-ring (bicyclic) bond motifs is 3. The van der Waals surface area contributed by atoms with Gasteiger partial charge in [0.2, 0.25) is 0 Å². The molecule has 0 amide bonds. The Morgan fingerprint density at radius 3 is 1.38 bits per heavy atom. The van der Waals surface area contributed by atoms with Crippen LogP contribution < -0.4 is 0 Å². The van der Waals surface area contributed by atoms with Crippen LogP contribution in [0.2, 0.25) is 0 Å². The number of hydrogen-bond donors (Lipinski definition) is 0. The smallest absolute Gasteiger partial charge is 0.00261 e. The van der Waals surface area contributed by atoms with Gasteiger partial charge in [-0.1, -0.05) is 141 Å². The van der Waals surface area contributed by atoms with Crippen molar-refractivity contribution in [1.29, 1.82) is 0 Å². The molecule has 7 aromatic rings. The summed E-state index contributed by atoms with van der Waals surface area (Å²) in [7, 11) is 0. The van der Waals surface area contributed by atoms with Gasteiger partial charge in [0.1, 0.15) is 0 Å². The summed E-state index contributed by atoms with van der Waals surface area (Å²) < 4.78 is 0. The molecule has 0 heteroatoms. The highest BCUT2D eigenvalue weighted by atomic mass is 14.2. The first-order valence-corrected chi connectivity index (χ1v) is 13.7. The average Bonchev–Trinajstić information content (AvgIpc) is 3.03. The predicted octanol–water partition coefficient (Wildman–Crippen LogP) is 11.4. The minimum Gasteiger partial charge on any atom is -0.0984 e. The fourth-order valence-electron chi connectivity index (χ4n) is 6.07. The molecule has 0 spiro atoms. The summed E-state index contributed by atoms with van der Waals surface area (Å²) in [4.78, 5) is 0. The second-order valence-corrected chi connectivity index (χ2v) is 10.2. The molecule has 0 aliphatic rings. The van der Waals surface area contributed by atoms with Crippen LogP contribution in [0.5, 0.6) is 0 Å². The fraction of sp³-hybridized carbons (Fsp3) is 0. The Bertz CT molecular complexity index is 2080. The fourth-order valence-corrected chi connectivity index (χ4v) is 6.07. The van der Waals surface area contributed by atoms with Gasteiger partial charge in [0, 0.05) is 0 Å². The van der Waals surface area contributed by atoms with Gasteiger partial charge in [-0.2, -0.15) is 0 Å². The van der Waals surface area contributed by atoms with Crippen LogP contribution in [0.15, 0.2) is 147 Å². The molecule has 40 heavy (non-hydrogen) atoms. The van der Waals surface area contributed by atoms with Crippen LogP contribution in [-0.4, -0.2) is 0 Å². The minimum atomic E-state index is 1.10. The lowest BCUT2D eigenvalue weighted by molar-refractivity contribution is 1.59. The third-order valence-electron chi connectivity index (χ3n) is 7.98. The Kier molecular flexibility index (Phi) is 5.87. The highest BCUT2D eigenvalue weighted by Crippen LogP contribution is 2.45. The summed E-state index contributed by atoms with van der Waals surface area (Å²) in [6, 6.07) is 48.1. The maximum atomic E-state index is 4.31. The number of rotatable bonds is 5. The molecule has 0 N–H and O–H groups in total. The first-order chi connectivity index (χ1) is 19.7. The SMILES string of the molecule is C=Cc1c(C=C)c(-c2ccc3ccccc3c2)c2cc(-c3ccccc3)ccc2c1-c1ccc2ccccc2c1. The lowest BCUT2D eigenvalue weighted by Gasteiger charge is -2.21. The summed E-state index contributed by atoms with van der Waals surface area (Å²) in [6.45, 7) is 8.61. The second-order valence-electron chi connectivity index (χ2n) is 10.2. The minimum absolute atomic E-state index is 1.10. The summed E-state index contributed by atoms with van der Waals surface area (Å²) in [6.07, 6.45) is 4.00. The monoisotopic (exact) mass is 508 g/mol. The van der Waals surface area contributed by atoms with Crippen LogP contribution in [0.4, 0.5) is 0 Å². The molecule has 0 bridgehead atoms. The van der Waals surface area contributed by atoms with Crippen molar-refractivity contribution < 1.29 is 0 Å². The predicted molar refractivity (Wildman–Crippen MR) is 175 cm³/mol. The van der Waals surface area contributed by atoms with Gasteiger partial charge in [0.15, 0.2) is 0 Å². The topological polar surface area (TPSA) is 0 Å². The van der Waals surface area contributed by atoms with Gasteiger partial charge in [0.05, 0.1) is 0 Å². The summed E-state index contributed by atoms with van der Waals surface area (Å²) in [5.41, 5.74) is 9.34. The molecule has 0 heterocycles. The van der Waals surface area contributed by atoms with E-state index in [1.165, 1.54) is 65.7 Å². The molecule has 7 rings (SSSR count). The summed E-state index contributed by atoms with van der Waals surface area (Å²) in [5.74, 6) is 0. The normalized spacial score (nSPS) is 11.2. The van der Waals surface area contributed by atoms with Crippen LogP contribution in [0.25, 0.3) is 77.9 Å². The largest absolute Gasteiger partial charge is 0.0984 e. The first kappa shape index (κ1) is 23.9. The van der Waals surface area contributed by atoms with Crippen molar-refractivity contribution in [3.05, 3.63) is 158 Å². The van der Waals surface area contributed by atoms with E-state index in [2.05, 4.69) is 147 Å². The first-order valence-electron chi connectivity index (χ1n) is 13.7. The molecule has 0 aliphatic carbocycles. The maximum absolute atomic E-state index is 4.31. The highest BCUT2D eigenvalue weighted by Gasteiger charge is 2.20. The number of benzene rings is 7. The van der Waals surface area contributed by atoms with E-state index < -0.39 is 0 Å². The third-order valence-corrected chi connectivity index (χ3v) is 7.98. The molecule has 0 aliphatic heterocycles. The highest BCUT2D eigenvalue weighted by molar-refractivity contribution is 6.13. The van der Waals surface area contributed by atoms with Gasteiger partial charge in [-0.05, 0) is 95.0 Å². The van der Waals surface area contributed by atoms with Gasteiger partial charge >= 0.3 is 0 Å². The van der Waals surface area contributed by atoms with Crippen molar-refractivity contribution in [1.82, 2.24) is 0 Å². The van der Waals surface area contributed by atoms with Gasteiger partial charge < -0.3 is 0 Å². The van der Waals surface area contributed by atoms with E-state index in [1.807, 2.05) is 12.2 Å². The Morgan fingerprint density at radius 1 is 0.350 bits per heavy atom. The number of hydrogen-bond acceptors (Lipinski definition) is 0. The molecule has 0 atom stereocenters. The van der Waals surface area contributed by atoms with Crippen molar-refractivity contribution in [3.63, 3.8) is 0 Å². The van der Waals surface area contributed by atoms with Gasteiger partial charge in [0.25, 0.3) is 0 Å². The van der Waals surface area contributed by atoms with Crippen LogP contribution >= 0.6 is 0 Å². The summed E-state index contributed by atoms with van der Waals surface area (Å²) >= 11 is 0. The Morgan fingerprint density at radius 2 is 0.825 bits per heavy atom. The van der Waals surface area contributed by atoms with Crippen LogP contribution in [0, 0.1) is 0 Å². The van der Waals surface area contributed by atoms with Crippen molar-refractivity contribution in [3.8, 4) is 33.4 Å². The molecule has 0 fully saturated rings. The Hall–Kier alpha value is -5.20. The molecule has 0 unspecified atom stereocenters. The Balaban J connectivity index is 1.61. The van der Waals surface area contributed by atoms with E-state index in [4.69, 9.17) is 0 Å². The molecular formula is C40H28. The lowest BCUT2D eigenvalue weighted by Crippen LogP contribution is -1.97. The molecule has 0 saturated carbocycles. The zero-order chi connectivity index (χ0) is 27.1. The molecular weight excluding hydrogens is 480 g/mol. The van der Waals surface area contributed by atoms with Crippen molar-refractivity contribution in [2.24, 2.45) is 0 Å². The van der Waals surface area contributed by atoms with E-state index in [0.717, 1.165) is 11.1 Å². The van der Waals surface area contributed by atoms with E-state index >= 15 is 0 Å². The quantitative estimate of drug-likeness (QED) is 0.217. The zero-order valence-electron chi connectivity index (χ0n) is 22.3. The third kappa shape index (κ3) is 3.94. The average molecular weight is 509 g/mol. The van der Waals surface area contributed by atoms with Crippen LogP contribution in [0.1, 0.15) is 11.1 Å². The summed E-state index contributed by atoms with van der Waals surface area (Å²) in [5, 5.41) is 7.33. The molecule has 0 aromatic heterocycles. The van der Waals surface area contributed by atoms with Crippen molar-refractivity contribution in [2.45, 2.75) is 0 Å². The molecule has 188 valence electrons. The van der Waals surface area contributed by atoms with E-state index in [0.29, 0.717) is 0 Å². The lowest BCUT2D eigenvalue weighted by atomic mass is 9.82. The Labute approximate surface area is 235 Å². The van der Waals surface area contributed by atoms with Gasteiger partial charge in [-0.15, -0.1) is 0 Å². The maximum Gasteiger partial charge on any atom is -0.00261 e. The van der Waals surface area contributed by atoms with E-state index in [9.17, 15) is 0 Å². The van der Waals surface area contributed by atoms with Crippen molar-refractivity contribution in [2.75, 3.05) is 0 Å². The molecule has 0 radical (unpaired) electrons. The molecule has 7 aromatic carbocycles. The van der Waals surface area contributed by atoms with Gasteiger partial charge in [-0.3, -0.25) is 0 Å². The van der Waals surface area contributed by atoms with Crippen LogP contribution in [-0.2, 0) is 0 Å². The van der Waals surface area contributed by atoms with Crippen molar-refractivity contribution >= 4 is 44.5 Å². The second kappa shape index (κ2) is 9.84. The molecule has 0 saturated heterocycles. The van der Waals surface area contributed by atoms with E-state index in [1.54, 1.807) is 0 Å². The van der Waals surface area contributed by atoms with E-state index in [-0.39, 0.29) is 0 Å². The standard InChI is InChI=1S/C40H28/c1-3-35-36(4-2)40(34-21-19-29-15-9-11-17-31(29)25-34)38-26-32(27-12-6-5-7-13-27)22-23-37(38)39(35)33-20-18-28-14-8-10-16-30(28)24-33/h3-26H,1-2H2. The molecule has 0 nitrogen and oxygen atoms in total. The zero-order valence-corrected chi connectivity index (χ0v) is 22.3. The van der Waals surface area contributed by atoms with Gasteiger partial charge in [-0.25, -0.2) is 0 Å².